The summed E-state index contributed by atoms with van der Waals surface area (Å²) in [6.07, 6.45) is 2.85. The second-order valence-corrected chi connectivity index (χ2v) is 5.31. The maximum absolute atomic E-state index is 12.6. The molecule has 1 amide bonds. The Morgan fingerprint density at radius 1 is 1.57 bits per heavy atom. The molecule has 3 heterocycles. The van der Waals surface area contributed by atoms with Crippen LogP contribution in [0.3, 0.4) is 0 Å². The van der Waals surface area contributed by atoms with Crippen LogP contribution in [0, 0.1) is 0 Å². The van der Waals surface area contributed by atoms with E-state index >= 15 is 0 Å². The van der Waals surface area contributed by atoms with Crippen LogP contribution in [-0.2, 0) is 11.8 Å². The van der Waals surface area contributed by atoms with Gasteiger partial charge in [-0.2, -0.15) is 5.10 Å². The normalized spacial score (nSPS) is 19.0. The summed E-state index contributed by atoms with van der Waals surface area (Å²) in [5.74, 6) is -0.00175. The molecule has 1 aliphatic rings. The third-order valence-corrected chi connectivity index (χ3v) is 3.97. The summed E-state index contributed by atoms with van der Waals surface area (Å²) in [5.41, 5.74) is 2.30. The second-order valence-electron chi connectivity index (χ2n) is 5.31. The first-order chi connectivity index (χ1) is 10.2. The van der Waals surface area contributed by atoms with E-state index in [9.17, 15) is 4.79 Å². The Labute approximate surface area is 123 Å². The topological polar surface area (TPSA) is 63.1 Å². The van der Waals surface area contributed by atoms with Crippen molar-refractivity contribution in [2.24, 2.45) is 7.05 Å². The predicted molar refractivity (Wildman–Crippen MR) is 78.9 cm³/mol. The average molecular weight is 288 g/mol. The molecule has 2 aromatic rings. The first kappa shape index (κ1) is 13.9. The molecule has 0 bridgehead atoms. The molecule has 0 radical (unpaired) electrons. The summed E-state index contributed by atoms with van der Waals surface area (Å²) in [5, 5.41) is 7.13. The van der Waals surface area contributed by atoms with Crippen molar-refractivity contribution in [3.8, 4) is 11.4 Å². The number of aromatic nitrogens is 3. The summed E-state index contributed by atoms with van der Waals surface area (Å²) in [6, 6.07) is 5.90. The van der Waals surface area contributed by atoms with Crippen molar-refractivity contribution in [3.63, 3.8) is 0 Å². The molecule has 1 atom stereocenters. The van der Waals surface area contributed by atoms with Crippen LogP contribution in [0.15, 0.2) is 24.4 Å². The van der Waals surface area contributed by atoms with Crippen LogP contribution in [0.25, 0.3) is 11.4 Å². The molecule has 2 aromatic heterocycles. The fourth-order valence-corrected chi connectivity index (χ4v) is 2.70. The lowest BCUT2D eigenvalue weighted by Gasteiger charge is -2.34. The van der Waals surface area contributed by atoms with E-state index in [0.717, 1.165) is 17.8 Å². The van der Waals surface area contributed by atoms with Crippen molar-refractivity contribution in [1.82, 2.24) is 19.7 Å². The second kappa shape index (κ2) is 5.73. The third-order valence-electron chi connectivity index (χ3n) is 3.97. The Kier molecular flexibility index (Phi) is 3.79. The van der Waals surface area contributed by atoms with Gasteiger partial charge >= 0.3 is 0 Å². The largest absolute Gasteiger partial charge is 0.377 e. The molecule has 1 saturated heterocycles. The van der Waals surface area contributed by atoms with Crippen molar-refractivity contribution < 1.29 is 9.53 Å². The molecule has 0 aromatic carbocycles. The minimum absolute atomic E-state index is 0.00175. The SMILES string of the molecule is CC[C@H]1COCCN1C(=O)c1cc(-c2cccn2C)n[nH]1. The predicted octanol–water partition coefficient (Wildman–Crippen LogP) is 1.67. The molecule has 6 heteroatoms. The van der Waals surface area contributed by atoms with E-state index < -0.39 is 0 Å². The van der Waals surface area contributed by atoms with E-state index in [0.29, 0.717) is 25.5 Å². The minimum Gasteiger partial charge on any atom is -0.377 e. The molecule has 0 aliphatic carbocycles. The van der Waals surface area contributed by atoms with Gasteiger partial charge < -0.3 is 14.2 Å². The van der Waals surface area contributed by atoms with Crippen LogP contribution in [0.1, 0.15) is 23.8 Å². The third kappa shape index (κ3) is 2.58. The molecular weight excluding hydrogens is 268 g/mol. The number of aromatic amines is 1. The summed E-state index contributed by atoms with van der Waals surface area (Å²) in [7, 11) is 1.96. The maximum atomic E-state index is 12.6. The number of amides is 1. The lowest BCUT2D eigenvalue weighted by Crippen LogP contribution is -2.48. The van der Waals surface area contributed by atoms with E-state index in [1.54, 1.807) is 0 Å². The van der Waals surface area contributed by atoms with Crippen LogP contribution in [0.5, 0.6) is 0 Å². The number of carbonyl (C=O) groups is 1. The van der Waals surface area contributed by atoms with Gasteiger partial charge in [0, 0.05) is 19.8 Å². The number of rotatable bonds is 3. The molecular formula is C15H20N4O2. The Bertz CT molecular complexity index is 631. The van der Waals surface area contributed by atoms with Gasteiger partial charge in [0.15, 0.2) is 0 Å². The van der Waals surface area contributed by atoms with Gasteiger partial charge in [-0.1, -0.05) is 6.92 Å². The lowest BCUT2D eigenvalue weighted by molar-refractivity contribution is -0.00310. The average Bonchev–Trinajstić information content (AvgIpc) is 3.15. The molecule has 1 N–H and O–H groups in total. The monoisotopic (exact) mass is 288 g/mol. The van der Waals surface area contributed by atoms with Crippen LogP contribution in [-0.4, -0.2) is 51.4 Å². The zero-order valence-corrected chi connectivity index (χ0v) is 12.4. The van der Waals surface area contributed by atoms with Crippen molar-refractivity contribution in [1.29, 1.82) is 0 Å². The molecule has 21 heavy (non-hydrogen) atoms. The van der Waals surface area contributed by atoms with Crippen molar-refractivity contribution >= 4 is 5.91 Å². The first-order valence-electron chi connectivity index (χ1n) is 7.26. The minimum atomic E-state index is -0.00175. The van der Waals surface area contributed by atoms with Gasteiger partial charge in [-0.05, 0) is 24.6 Å². The highest BCUT2D eigenvalue weighted by atomic mass is 16.5. The highest BCUT2D eigenvalue weighted by Crippen LogP contribution is 2.20. The number of nitrogens with zero attached hydrogens (tertiary/aromatic N) is 3. The number of morpholine rings is 1. The van der Waals surface area contributed by atoms with Gasteiger partial charge in [-0.15, -0.1) is 0 Å². The molecule has 112 valence electrons. The van der Waals surface area contributed by atoms with Crippen LogP contribution in [0.2, 0.25) is 0 Å². The van der Waals surface area contributed by atoms with Crippen LogP contribution in [0.4, 0.5) is 0 Å². The zero-order chi connectivity index (χ0) is 14.8. The summed E-state index contributed by atoms with van der Waals surface area (Å²) < 4.78 is 7.43. The van der Waals surface area contributed by atoms with Gasteiger partial charge in [-0.25, -0.2) is 0 Å². The fourth-order valence-electron chi connectivity index (χ4n) is 2.70. The Hall–Kier alpha value is -2.08. The number of ether oxygens (including phenoxy) is 1. The van der Waals surface area contributed by atoms with E-state index in [1.165, 1.54) is 0 Å². The molecule has 1 aliphatic heterocycles. The summed E-state index contributed by atoms with van der Waals surface area (Å²) in [6.45, 7) is 3.92. The smallest absolute Gasteiger partial charge is 0.272 e. The van der Waals surface area contributed by atoms with Crippen molar-refractivity contribution in [2.45, 2.75) is 19.4 Å². The van der Waals surface area contributed by atoms with Gasteiger partial charge in [0.2, 0.25) is 0 Å². The van der Waals surface area contributed by atoms with Crippen LogP contribution >= 0.6 is 0 Å². The van der Waals surface area contributed by atoms with Crippen LogP contribution < -0.4 is 0 Å². The Balaban J connectivity index is 1.82. The van der Waals surface area contributed by atoms with Gasteiger partial charge in [0.05, 0.1) is 24.9 Å². The molecule has 0 saturated carbocycles. The quantitative estimate of drug-likeness (QED) is 0.934. The highest BCUT2D eigenvalue weighted by Gasteiger charge is 2.28. The van der Waals surface area contributed by atoms with Gasteiger partial charge in [-0.3, -0.25) is 9.89 Å². The molecule has 1 fully saturated rings. The van der Waals surface area contributed by atoms with E-state index in [1.807, 2.05) is 40.9 Å². The maximum Gasteiger partial charge on any atom is 0.272 e. The van der Waals surface area contributed by atoms with E-state index in [2.05, 4.69) is 17.1 Å². The summed E-state index contributed by atoms with van der Waals surface area (Å²) >= 11 is 0. The molecule has 0 unspecified atom stereocenters. The number of aryl methyl sites for hydroxylation is 1. The number of nitrogens with one attached hydrogen (secondary N) is 1. The first-order valence-corrected chi connectivity index (χ1v) is 7.26. The molecule has 6 nitrogen and oxygen atoms in total. The van der Waals surface area contributed by atoms with Gasteiger partial charge in [0.25, 0.3) is 5.91 Å². The number of hydrogen-bond acceptors (Lipinski definition) is 3. The van der Waals surface area contributed by atoms with E-state index in [-0.39, 0.29) is 11.9 Å². The fraction of sp³-hybridized carbons (Fsp3) is 0.467. The Morgan fingerprint density at radius 3 is 3.14 bits per heavy atom. The highest BCUT2D eigenvalue weighted by molar-refractivity contribution is 5.93. The van der Waals surface area contributed by atoms with E-state index in [4.69, 9.17) is 4.74 Å². The number of hydrogen-bond donors (Lipinski definition) is 1. The van der Waals surface area contributed by atoms with Crippen molar-refractivity contribution in [2.75, 3.05) is 19.8 Å². The summed E-state index contributed by atoms with van der Waals surface area (Å²) in [4.78, 5) is 14.5. The number of carbonyl (C=O) groups excluding carboxylic acids is 1. The molecule has 0 spiro atoms. The Morgan fingerprint density at radius 2 is 2.43 bits per heavy atom. The lowest BCUT2D eigenvalue weighted by atomic mass is 10.1. The standard InChI is InChI=1S/C15H20N4O2/c1-3-11-10-21-8-7-19(11)15(20)13-9-12(16-17-13)14-5-4-6-18(14)2/h4-6,9,11H,3,7-8,10H2,1-2H3,(H,16,17)/t11-/m0/s1. The molecule has 3 rings (SSSR count). The van der Waals surface area contributed by atoms with Gasteiger partial charge in [0.1, 0.15) is 11.4 Å². The number of H-pyrrole nitrogens is 1. The van der Waals surface area contributed by atoms with Crippen molar-refractivity contribution in [3.05, 3.63) is 30.1 Å². The zero-order valence-electron chi connectivity index (χ0n) is 12.4.